The highest BCUT2D eigenvalue weighted by Gasteiger charge is 2.20. The molecule has 2 aromatic carbocycles. The number of carbonyl (C=O) groups is 1. The number of aryl methyl sites for hydroxylation is 1. The van der Waals surface area contributed by atoms with E-state index in [1.165, 1.54) is 17.3 Å². The molecular formula is C23H27ClN4O3S. The van der Waals surface area contributed by atoms with Crippen LogP contribution in [0.1, 0.15) is 38.3 Å². The zero-order valence-corrected chi connectivity index (χ0v) is 20.2. The minimum atomic E-state index is -0.283. The zero-order valence-electron chi connectivity index (χ0n) is 18.6. The molecule has 9 heteroatoms. The summed E-state index contributed by atoms with van der Waals surface area (Å²) >= 11 is 7.34. The highest BCUT2D eigenvalue weighted by atomic mass is 35.5. The minimum Gasteiger partial charge on any atom is -0.495 e. The fraction of sp³-hybridized carbons (Fsp3) is 0.348. The van der Waals surface area contributed by atoms with Gasteiger partial charge in [-0.3, -0.25) is 4.79 Å². The fourth-order valence-electron chi connectivity index (χ4n) is 3.16. The summed E-state index contributed by atoms with van der Waals surface area (Å²) in [5, 5.41) is 12.6. The highest BCUT2D eigenvalue weighted by molar-refractivity contribution is 7.99. The monoisotopic (exact) mass is 474 g/mol. The first-order valence-electron chi connectivity index (χ1n) is 10.4. The Morgan fingerprint density at radius 3 is 2.59 bits per heavy atom. The van der Waals surface area contributed by atoms with E-state index in [1.807, 2.05) is 30.5 Å². The van der Waals surface area contributed by atoms with Crippen LogP contribution < -0.4 is 14.8 Å². The summed E-state index contributed by atoms with van der Waals surface area (Å²) in [5.74, 6) is 2.02. The number of rotatable bonds is 10. The average Bonchev–Trinajstić information content (AvgIpc) is 3.21. The number of ether oxygens (including phenoxy) is 2. The van der Waals surface area contributed by atoms with E-state index in [4.69, 9.17) is 21.1 Å². The van der Waals surface area contributed by atoms with Crippen molar-refractivity contribution in [2.45, 2.75) is 45.0 Å². The zero-order chi connectivity index (χ0) is 23.1. The van der Waals surface area contributed by atoms with Gasteiger partial charge in [0.1, 0.15) is 11.5 Å². The minimum absolute atomic E-state index is 0.168. The molecule has 3 rings (SSSR count). The fourth-order valence-corrected chi connectivity index (χ4v) is 4.14. The van der Waals surface area contributed by atoms with Gasteiger partial charge in [0.15, 0.2) is 17.1 Å². The molecule has 0 unspecified atom stereocenters. The van der Waals surface area contributed by atoms with Crippen molar-refractivity contribution in [1.82, 2.24) is 14.8 Å². The first-order valence-corrected chi connectivity index (χ1v) is 11.8. The number of amides is 1. The topological polar surface area (TPSA) is 78.3 Å². The molecule has 1 aromatic heterocycles. The van der Waals surface area contributed by atoms with Gasteiger partial charge >= 0.3 is 0 Å². The number of methoxy groups -OCH3 is 1. The summed E-state index contributed by atoms with van der Waals surface area (Å²) in [6.45, 7) is 6.73. The van der Waals surface area contributed by atoms with Crippen molar-refractivity contribution in [3.05, 3.63) is 58.9 Å². The molecule has 0 radical (unpaired) electrons. The van der Waals surface area contributed by atoms with E-state index in [0.717, 1.165) is 12.2 Å². The van der Waals surface area contributed by atoms with Crippen LogP contribution in [0.5, 0.6) is 11.5 Å². The molecule has 0 aliphatic heterocycles. The van der Waals surface area contributed by atoms with Crippen LogP contribution in [0.2, 0.25) is 5.02 Å². The molecule has 0 aliphatic carbocycles. The maximum absolute atomic E-state index is 12.5. The summed E-state index contributed by atoms with van der Waals surface area (Å²) < 4.78 is 13.3. The predicted molar refractivity (Wildman–Crippen MR) is 128 cm³/mol. The van der Waals surface area contributed by atoms with Crippen LogP contribution in [0, 0.1) is 0 Å². The summed E-state index contributed by atoms with van der Waals surface area (Å²) in [6.07, 6.45) is 0.701. The Bertz CT molecular complexity index is 1060. The second-order valence-electron chi connectivity index (χ2n) is 7.02. The lowest BCUT2D eigenvalue weighted by molar-refractivity contribution is -0.113. The molecule has 32 heavy (non-hydrogen) atoms. The van der Waals surface area contributed by atoms with E-state index < -0.39 is 0 Å². The van der Waals surface area contributed by atoms with Crippen molar-refractivity contribution in [3.8, 4) is 11.5 Å². The first kappa shape index (κ1) is 23.9. The van der Waals surface area contributed by atoms with Crippen molar-refractivity contribution in [2.75, 3.05) is 18.2 Å². The van der Waals surface area contributed by atoms with E-state index in [-0.39, 0.29) is 17.8 Å². The molecule has 170 valence electrons. The van der Waals surface area contributed by atoms with Crippen LogP contribution in [-0.4, -0.2) is 33.5 Å². The number of halogens is 1. The molecule has 0 fully saturated rings. The third-order valence-corrected chi connectivity index (χ3v) is 6.04. The summed E-state index contributed by atoms with van der Waals surface area (Å²) in [4.78, 5) is 12.5. The van der Waals surface area contributed by atoms with Gasteiger partial charge in [0, 0.05) is 11.6 Å². The number of benzene rings is 2. The predicted octanol–water partition coefficient (Wildman–Crippen LogP) is 5.39. The van der Waals surface area contributed by atoms with Crippen LogP contribution >= 0.6 is 23.4 Å². The van der Waals surface area contributed by atoms with Gasteiger partial charge in [-0.05, 0) is 56.2 Å². The van der Waals surface area contributed by atoms with E-state index >= 15 is 0 Å². The highest BCUT2D eigenvalue weighted by Crippen LogP contribution is 2.29. The number of hydrogen-bond acceptors (Lipinski definition) is 6. The number of nitrogens with one attached hydrogen (secondary N) is 1. The molecule has 1 atom stereocenters. The maximum Gasteiger partial charge on any atom is 0.234 e. The van der Waals surface area contributed by atoms with Gasteiger partial charge in [-0.15, -0.1) is 10.2 Å². The van der Waals surface area contributed by atoms with Gasteiger partial charge in [0.25, 0.3) is 0 Å². The van der Waals surface area contributed by atoms with Crippen LogP contribution in [0.3, 0.4) is 0 Å². The Hall–Kier alpha value is -2.71. The maximum atomic E-state index is 12.5. The lowest BCUT2D eigenvalue weighted by atomic mass is 10.2. The SMILES string of the molecule is CCc1ccc(O[C@@H](C)c2nnc(SCC(=O)Nc3cc(Cl)ccc3OC)n2CC)cc1. The molecule has 1 heterocycles. The van der Waals surface area contributed by atoms with E-state index in [9.17, 15) is 4.79 Å². The number of nitrogens with zero attached hydrogens (tertiary/aromatic N) is 3. The Kier molecular flexibility index (Phi) is 8.41. The third kappa shape index (κ3) is 5.95. The van der Waals surface area contributed by atoms with E-state index in [0.29, 0.717) is 34.0 Å². The number of anilines is 1. The molecule has 0 aliphatic rings. The lowest BCUT2D eigenvalue weighted by Crippen LogP contribution is -2.16. The van der Waals surface area contributed by atoms with E-state index in [1.54, 1.807) is 25.3 Å². The molecule has 7 nitrogen and oxygen atoms in total. The van der Waals surface area contributed by atoms with Crippen molar-refractivity contribution < 1.29 is 14.3 Å². The third-order valence-electron chi connectivity index (χ3n) is 4.84. The molecule has 0 bridgehead atoms. The Labute approximate surface area is 197 Å². The number of aromatic nitrogens is 3. The van der Waals surface area contributed by atoms with Crippen LogP contribution in [0.15, 0.2) is 47.6 Å². The number of thioether (sulfide) groups is 1. The smallest absolute Gasteiger partial charge is 0.234 e. The van der Waals surface area contributed by atoms with Crippen molar-refractivity contribution in [2.24, 2.45) is 0 Å². The first-order chi connectivity index (χ1) is 15.4. The molecule has 1 amide bonds. The Morgan fingerprint density at radius 1 is 1.19 bits per heavy atom. The van der Waals surface area contributed by atoms with Crippen molar-refractivity contribution in [1.29, 1.82) is 0 Å². The molecule has 0 spiro atoms. The molecule has 3 aromatic rings. The molecular weight excluding hydrogens is 448 g/mol. The largest absolute Gasteiger partial charge is 0.495 e. The van der Waals surface area contributed by atoms with Gasteiger partial charge in [-0.1, -0.05) is 42.4 Å². The van der Waals surface area contributed by atoms with Crippen LogP contribution in [0.25, 0.3) is 0 Å². The van der Waals surface area contributed by atoms with Gasteiger partial charge in [0.05, 0.1) is 18.6 Å². The second-order valence-corrected chi connectivity index (χ2v) is 8.40. The molecule has 1 N–H and O–H groups in total. The summed E-state index contributed by atoms with van der Waals surface area (Å²) in [6, 6.07) is 13.1. The lowest BCUT2D eigenvalue weighted by Gasteiger charge is -2.16. The Morgan fingerprint density at radius 2 is 1.94 bits per heavy atom. The van der Waals surface area contributed by atoms with Gasteiger partial charge in [0.2, 0.25) is 5.91 Å². The summed E-state index contributed by atoms with van der Waals surface area (Å²) in [5.41, 5.74) is 1.79. The molecule has 0 saturated carbocycles. The van der Waals surface area contributed by atoms with Crippen molar-refractivity contribution >= 4 is 35.0 Å². The van der Waals surface area contributed by atoms with Crippen molar-refractivity contribution in [3.63, 3.8) is 0 Å². The quantitative estimate of drug-likeness (QED) is 0.397. The van der Waals surface area contributed by atoms with Gasteiger partial charge < -0.3 is 19.4 Å². The number of carbonyl (C=O) groups excluding carboxylic acids is 1. The average molecular weight is 475 g/mol. The van der Waals surface area contributed by atoms with E-state index in [2.05, 4.69) is 34.6 Å². The second kappa shape index (κ2) is 11.2. The summed E-state index contributed by atoms with van der Waals surface area (Å²) in [7, 11) is 1.54. The Balaban J connectivity index is 1.64. The van der Waals surface area contributed by atoms with Gasteiger partial charge in [-0.25, -0.2) is 0 Å². The molecule has 0 saturated heterocycles. The van der Waals surface area contributed by atoms with Crippen LogP contribution in [-0.2, 0) is 17.8 Å². The normalized spacial score (nSPS) is 11.8. The van der Waals surface area contributed by atoms with Crippen LogP contribution in [0.4, 0.5) is 5.69 Å². The van der Waals surface area contributed by atoms with Gasteiger partial charge in [-0.2, -0.15) is 0 Å². The standard InChI is InChI=1S/C23H27ClN4O3S/c1-5-16-7-10-18(11-8-16)31-15(3)22-26-27-23(28(22)6-2)32-14-21(29)25-19-13-17(24)9-12-20(19)30-4/h7-13,15H,5-6,14H2,1-4H3,(H,25,29)/t15-/m0/s1. The number of hydrogen-bond donors (Lipinski definition) is 1.